The number of nitrogens with one attached hydrogen (secondary N) is 2. The van der Waals surface area contributed by atoms with Gasteiger partial charge in [0.2, 0.25) is 21.8 Å². The predicted molar refractivity (Wildman–Crippen MR) is 173 cm³/mol. The zero-order valence-electron chi connectivity index (χ0n) is 23.1. The minimum atomic E-state index is -3.46. The maximum absolute atomic E-state index is 14.2. The molecule has 6 rings (SSSR count). The van der Waals surface area contributed by atoms with Crippen LogP contribution in [0.25, 0.3) is 0 Å². The smallest absolute Gasteiger partial charge is 0.237 e. The summed E-state index contributed by atoms with van der Waals surface area (Å²) < 4.78 is 32.6. The van der Waals surface area contributed by atoms with Gasteiger partial charge in [-0.2, -0.15) is 4.31 Å². The molecule has 3 N–H and O–H groups in total. The van der Waals surface area contributed by atoms with Gasteiger partial charge >= 0.3 is 0 Å². The quantitative estimate of drug-likeness (QED) is 0.387. The fourth-order valence-electron chi connectivity index (χ4n) is 6.75. The standard InChI is InChI=1S/C30H30Cl2IN3O6S/c1-43(40,41)36-10-9-26(24(37)15-36)42-25-8-6-19(33)13-20(25)27-30(22-7-5-18(32)12-23(22)34-29(30)39)14-21(28(38)35-27)16-3-2-4-17(31)11-16/h2-8,12-13,16,21,24,26-27,37H,9-11,14-15H2,1H3,(H,34,39)(H,35,38)/t16?,21-,24-,26-,27-,30-/m1/s1. The van der Waals surface area contributed by atoms with Crippen molar-refractivity contribution in [2.75, 3.05) is 24.7 Å². The van der Waals surface area contributed by atoms with E-state index in [-0.39, 0.29) is 43.7 Å². The molecule has 3 heterocycles. The number of rotatable bonds is 5. The van der Waals surface area contributed by atoms with Gasteiger partial charge in [0.15, 0.2) is 0 Å². The highest BCUT2D eigenvalue weighted by molar-refractivity contribution is 14.1. The summed E-state index contributed by atoms with van der Waals surface area (Å²) in [6.07, 6.45) is 5.96. The third-order valence-corrected chi connectivity index (χ3v) is 11.3. The lowest BCUT2D eigenvalue weighted by Gasteiger charge is -2.46. The van der Waals surface area contributed by atoms with Crippen LogP contribution < -0.4 is 15.4 Å². The van der Waals surface area contributed by atoms with E-state index in [4.69, 9.17) is 27.9 Å². The van der Waals surface area contributed by atoms with E-state index in [1.54, 1.807) is 24.3 Å². The van der Waals surface area contributed by atoms with E-state index in [0.29, 0.717) is 33.5 Å². The van der Waals surface area contributed by atoms with Crippen molar-refractivity contribution in [3.63, 3.8) is 0 Å². The van der Waals surface area contributed by atoms with E-state index in [1.165, 1.54) is 4.31 Å². The number of benzene rings is 2. The second-order valence-electron chi connectivity index (χ2n) is 11.5. The summed E-state index contributed by atoms with van der Waals surface area (Å²) in [4.78, 5) is 28.0. The zero-order valence-corrected chi connectivity index (χ0v) is 27.6. The van der Waals surface area contributed by atoms with Gasteiger partial charge in [-0.05, 0) is 83.3 Å². The highest BCUT2D eigenvalue weighted by Gasteiger charge is 2.59. The van der Waals surface area contributed by atoms with Crippen LogP contribution in [0.5, 0.6) is 5.75 Å². The van der Waals surface area contributed by atoms with Crippen LogP contribution in [0.3, 0.4) is 0 Å². The first-order valence-corrected chi connectivity index (χ1v) is 17.6. The third-order valence-electron chi connectivity index (χ3n) is 8.87. The fraction of sp³-hybridized carbons (Fsp3) is 0.400. The van der Waals surface area contributed by atoms with Crippen molar-refractivity contribution in [1.82, 2.24) is 9.62 Å². The monoisotopic (exact) mass is 757 g/mol. The Hall–Kier alpha value is -2.16. The molecule has 2 saturated heterocycles. The average molecular weight is 758 g/mol. The Bertz CT molecular complexity index is 1670. The normalized spacial score (nSPS) is 30.9. The summed E-state index contributed by atoms with van der Waals surface area (Å²) in [5, 5.41) is 18.2. The van der Waals surface area contributed by atoms with Crippen LogP contribution in [0.2, 0.25) is 5.02 Å². The minimum Gasteiger partial charge on any atom is -0.487 e. The number of nitrogens with zero attached hydrogens (tertiary/aromatic N) is 1. The molecule has 1 aliphatic carbocycles. The number of ether oxygens (including phenoxy) is 1. The molecule has 0 bridgehead atoms. The van der Waals surface area contributed by atoms with Crippen LogP contribution in [-0.2, 0) is 25.0 Å². The van der Waals surface area contributed by atoms with E-state index in [2.05, 4.69) is 33.2 Å². The number of carbonyl (C=O) groups excluding carboxylic acids is 2. The van der Waals surface area contributed by atoms with Crippen LogP contribution in [0.1, 0.15) is 36.4 Å². The number of piperidine rings is 2. The van der Waals surface area contributed by atoms with Gasteiger partial charge in [-0.25, -0.2) is 8.42 Å². The Kier molecular flexibility index (Phi) is 8.35. The Morgan fingerprint density at radius 1 is 1.16 bits per heavy atom. The van der Waals surface area contributed by atoms with E-state index in [0.717, 1.165) is 15.4 Å². The summed E-state index contributed by atoms with van der Waals surface area (Å²) in [6.45, 7) is 0.117. The van der Waals surface area contributed by atoms with Crippen molar-refractivity contribution < 1.29 is 27.9 Å². The van der Waals surface area contributed by atoms with Crippen molar-refractivity contribution in [2.45, 2.75) is 42.9 Å². The van der Waals surface area contributed by atoms with Gasteiger partial charge in [0, 0.05) is 50.3 Å². The van der Waals surface area contributed by atoms with E-state index < -0.39 is 39.6 Å². The molecule has 2 amide bonds. The van der Waals surface area contributed by atoms with Crippen molar-refractivity contribution >= 4 is 73.3 Å². The van der Waals surface area contributed by atoms with E-state index >= 15 is 0 Å². The third kappa shape index (κ3) is 5.72. The van der Waals surface area contributed by atoms with Crippen molar-refractivity contribution in [3.8, 4) is 5.75 Å². The van der Waals surface area contributed by atoms with Crippen LogP contribution in [0.15, 0.2) is 59.7 Å². The lowest BCUT2D eigenvalue weighted by atomic mass is 9.62. The molecule has 2 aromatic rings. The van der Waals surface area contributed by atoms with Gasteiger partial charge in [0.05, 0.1) is 12.3 Å². The van der Waals surface area contributed by atoms with Crippen LogP contribution in [0.4, 0.5) is 5.69 Å². The van der Waals surface area contributed by atoms with E-state index in [1.807, 2.05) is 30.4 Å². The van der Waals surface area contributed by atoms with Crippen molar-refractivity contribution in [1.29, 1.82) is 0 Å². The van der Waals surface area contributed by atoms with Crippen molar-refractivity contribution in [2.24, 2.45) is 11.8 Å². The number of aliphatic hydroxyl groups excluding tert-OH is 1. The van der Waals surface area contributed by atoms with Gasteiger partial charge < -0.3 is 20.5 Å². The largest absolute Gasteiger partial charge is 0.487 e. The number of hydrogen-bond acceptors (Lipinski definition) is 6. The number of aliphatic hydroxyl groups is 1. The summed E-state index contributed by atoms with van der Waals surface area (Å²) in [5.41, 5.74) is 0.711. The van der Waals surface area contributed by atoms with Crippen LogP contribution >= 0.6 is 45.8 Å². The molecule has 0 aromatic heterocycles. The molecule has 3 aliphatic heterocycles. The first kappa shape index (κ1) is 30.8. The van der Waals surface area contributed by atoms with Crippen molar-refractivity contribution in [3.05, 3.63) is 79.4 Å². The highest BCUT2D eigenvalue weighted by Crippen LogP contribution is 2.55. The van der Waals surface area contributed by atoms with Gasteiger partial charge in [0.1, 0.15) is 23.4 Å². The highest BCUT2D eigenvalue weighted by atomic mass is 127. The Balaban J connectivity index is 1.42. The topological polar surface area (TPSA) is 125 Å². The molecule has 1 spiro atoms. The average Bonchev–Trinajstić information content (AvgIpc) is 3.21. The summed E-state index contributed by atoms with van der Waals surface area (Å²) in [6, 6.07) is 9.97. The number of sulfonamides is 1. The molecule has 4 aliphatic rings. The molecule has 6 atom stereocenters. The number of β-amino-alcohol motifs (C(OH)–C–C–N with tert-alkyl or cyclic N) is 1. The molecule has 9 nitrogen and oxygen atoms in total. The molecule has 2 fully saturated rings. The Morgan fingerprint density at radius 3 is 2.67 bits per heavy atom. The molecule has 0 saturated carbocycles. The number of hydrogen-bond donors (Lipinski definition) is 3. The second-order valence-corrected chi connectivity index (χ2v) is 15.7. The summed E-state index contributed by atoms with van der Waals surface area (Å²) in [5.74, 6) is -0.775. The number of carbonyl (C=O) groups is 2. The first-order valence-electron chi connectivity index (χ1n) is 13.9. The first-order chi connectivity index (χ1) is 20.4. The lowest BCUT2D eigenvalue weighted by Crippen LogP contribution is -2.57. The SMILES string of the molecule is CS(=O)(=O)N1CC[C@@H](Oc2ccc(I)cc2[C@H]2NC(=O)[C@@H](C3C=CC=C(Cl)C3)C[C@]23C(=O)Nc2cc(Cl)ccc23)[C@H](O)C1. The number of anilines is 1. The molecule has 0 radical (unpaired) electrons. The summed E-state index contributed by atoms with van der Waals surface area (Å²) >= 11 is 14.9. The minimum absolute atomic E-state index is 0.0859. The molecule has 2 aromatic carbocycles. The maximum Gasteiger partial charge on any atom is 0.237 e. The Labute approximate surface area is 273 Å². The molecule has 13 heteroatoms. The van der Waals surface area contributed by atoms with Gasteiger partial charge in [-0.3, -0.25) is 9.59 Å². The van der Waals surface area contributed by atoms with E-state index in [9.17, 15) is 23.1 Å². The molecule has 43 heavy (non-hydrogen) atoms. The molecule has 1 unspecified atom stereocenters. The zero-order chi connectivity index (χ0) is 30.7. The maximum atomic E-state index is 14.2. The number of halogens is 3. The summed E-state index contributed by atoms with van der Waals surface area (Å²) in [7, 11) is -3.46. The van der Waals surface area contributed by atoms with Gasteiger partial charge in [-0.15, -0.1) is 0 Å². The predicted octanol–water partition coefficient (Wildman–Crippen LogP) is 4.48. The molecular weight excluding hydrogens is 728 g/mol. The number of fused-ring (bicyclic) bond motifs is 2. The van der Waals surface area contributed by atoms with Crippen LogP contribution in [0, 0.1) is 15.4 Å². The lowest BCUT2D eigenvalue weighted by molar-refractivity contribution is -0.135. The van der Waals surface area contributed by atoms with Gasteiger partial charge in [-0.1, -0.05) is 41.4 Å². The number of allylic oxidation sites excluding steroid dienone is 4. The van der Waals surface area contributed by atoms with Gasteiger partial charge in [0.25, 0.3) is 0 Å². The fourth-order valence-corrected chi connectivity index (χ4v) is 8.55. The van der Waals surface area contributed by atoms with Crippen LogP contribution in [-0.4, -0.2) is 61.2 Å². The Morgan fingerprint density at radius 2 is 1.95 bits per heavy atom. The second kappa shape index (κ2) is 11.6. The molecular formula is C30H30Cl2IN3O6S. The number of amides is 2. The molecule has 228 valence electrons.